The molecule has 3 aromatic rings. The van der Waals surface area contributed by atoms with Crippen LogP contribution in [-0.4, -0.2) is 23.8 Å². The van der Waals surface area contributed by atoms with Crippen LogP contribution in [0.25, 0.3) is 11.0 Å². The van der Waals surface area contributed by atoms with Crippen molar-refractivity contribution in [2.75, 3.05) is 14.2 Å². The molecule has 0 N–H and O–H groups in total. The first-order valence-electron chi connectivity index (χ1n) is 8.19. The first kappa shape index (κ1) is 16.8. The van der Waals surface area contributed by atoms with Crippen molar-refractivity contribution in [3.8, 4) is 17.6 Å². The SMILES string of the molecule is COc1cc2nc(C(C)C)n(Cc3ccccc3C#N)c2cc1OC. The van der Waals surface area contributed by atoms with Crippen molar-refractivity contribution < 1.29 is 9.47 Å². The molecule has 128 valence electrons. The molecular formula is C20H21N3O2. The Balaban J connectivity index is 2.21. The second kappa shape index (κ2) is 6.86. The summed E-state index contributed by atoms with van der Waals surface area (Å²) in [7, 11) is 3.24. The quantitative estimate of drug-likeness (QED) is 0.704. The fraction of sp³-hybridized carbons (Fsp3) is 0.300. The molecule has 0 unspecified atom stereocenters. The highest BCUT2D eigenvalue weighted by atomic mass is 16.5. The van der Waals surface area contributed by atoms with Crippen LogP contribution in [0.1, 0.15) is 36.7 Å². The Hall–Kier alpha value is -3.00. The predicted octanol–water partition coefficient (Wildman–Crippen LogP) is 4.10. The lowest BCUT2D eigenvalue weighted by molar-refractivity contribution is 0.355. The molecule has 0 saturated heterocycles. The number of nitriles is 1. The molecule has 0 bridgehead atoms. The number of aromatic nitrogens is 2. The molecule has 1 aromatic heterocycles. The van der Waals surface area contributed by atoms with Crippen LogP contribution in [0.2, 0.25) is 0 Å². The standard InChI is InChI=1S/C20H21N3O2/c1-13(2)20-22-16-9-18(24-3)19(25-4)10-17(16)23(20)12-15-8-6-5-7-14(15)11-21/h5-10,13H,12H2,1-4H3. The van der Waals surface area contributed by atoms with E-state index in [2.05, 4.69) is 24.5 Å². The first-order chi connectivity index (χ1) is 12.1. The van der Waals surface area contributed by atoms with Gasteiger partial charge in [-0.2, -0.15) is 5.26 Å². The van der Waals surface area contributed by atoms with Crippen LogP contribution in [0.4, 0.5) is 0 Å². The predicted molar refractivity (Wildman–Crippen MR) is 97.2 cm³/mol. The monoisotopic (exact) mass is 335 g/mol. The van der Waals surface area contributed by atoms with Crippen LogP contribution in [0.3, 0.4) is 0 Å². The van der Waals surface area contributed by atoms with Crippen molar-refractivity contribution in [1.29, 1.82) is 5.26 Å². The summed E-state index contributed by atoms with van der Waals surface area (Å²) < 4.78 is 13.0. The lowest BCUT2D eigenvalue weighted by atomic mass is 10.1. The molecule has 5 nitrogen and oxygen atoms in total. The molecular weight excluding hydrogens is 314 g/mol. The number of benzene rings is 2. The van der Waals surface area contributed by atoms with E-state index >= 15 is 0 Å². The van der Waals surface area contributed by atoms with E-state index < -0.39 is 0 Å². The lowest BCUT2D eigenvalue weighted by Gasteiger charge is -2.13. The molecule has 5 heteroatoms. The van der Waals surface area contributed by atoms with E-state index in [-0.39, 0.29) is 5.92 Å². The van der Waals surface area contributed by atoms with Gasteiger partial charge in [-0.05, 0) is 11.6 Å². The van der Waals surface area contributed by atoms with Gasteiger partial charge in [-0.3, -0.25) is 0 Å². The number of hydrogen-bond donors (Lipinski definition) is 0. The zero-order chi connectivity index (χ0) is 18.0. The van der Waals surface area contributed by atoms with Gasteiger partial charge >= 0.3 is 0 Å². The van der Waals surface area contributed by atoms with Crippen molar-refractivity contribution in [3.05, 3.63) is 53.3 Å². The third-order valence-corrected chi connectivity index (χ3v) is 4.27. The van der Waals surface area contributed by atoms with Crippen molar-refractivity contribution in [2.45, 2.75) is 26.3 Å². The molecule has 0 spiro atoms. The number of nitrogens with zero attached hydrogens (tertiary/aromatic N) is 3. The van der Waals surface area contributed by atoms with Crippen LogP contribution in [0.5, 0.6) is 11.5 Å². The van der Waals surface area contributed by atoms with Gasteiger partial charge in [0.2, 0.25) is 0 Å². The van der Waals surface area contributed by atoms with Gasteiger partial charge in [0.15, 0.2) is 11.5 Å². The fourth-order valence-electron chi connectivity index (χ4n) is 3.01. The fourth-order valence-corrected chi connectivity index (χ4v) is 3.01. The number of methoxy groups -OCH3 is 2. The van der Waals surface area contributed by atoms with E-state index in [4.69, 9.17) is 14.5 Å². The Labute approximate surface area is 147 Å². The summed E-state index contributed by atoms with van der Waals surface area (Å²) in [6.45, 7) is 4.81. The molecule has 0 radical (unpaired) electrons. The maximum absolute atomic E-state index is 9.38. The summed E-state index contributed by atoms with van der Waals surface area (Å²) in [6.07, 6.45) is 0. The number of rotatable bonds is 5. The van der Waals surface area contributed by atoms with E-state index in [9.17, 15) is 5.26 Å². The molecule has 1 heterocycles. The number of hydrogen-bond acceptors (Lipinski definition) is 4. The van der Waals surface area contributed by atoms with E-state index in [1.54, 1.807) is 14.2 Å². The third kappa shape index (κ3) is 3.03. The van der Waals surface area contributed by atoms with Crippen LogP contribution in [0, 0.1) is 11.3 Å². The Morgan fingerprint density at radius 1 is 1.12 bits per heavy atom. The van der Waals surface area contributed by atoms with Gasteiger partial charge in [0.1, 0.15) is 5.82 Å². The van der Waals surface area contributed by atoms with E-state index in [1.807, 2.05) is 36.4 Å². The van der Waals surface area contributed by atoms with Gasteiger partial charge < -0.3 is 14.0 Å². The Kier molecular flexibility index (Phi) is 4.62. The summed E-state index contributed by atoms with van der Waals surface area (Å²) in [5.74, 6) is 2.55. The molecule has 0 saturated carbocycles. The summed E-state index contributed by atoms with van der Waals surface area (Å²) in [5.41, 5.74) is 3.48. The van der Waals surface area contributed by atoms with E-state index in [0.717, 1.165) is 22.4 Å². The van der Waals surface area contributed by atoms with E-state index in [1.165, 1.54) is 0 Å². The second-order valence-corrected chi connectivity index (χ2v) is 6.18. The average molecular weight is 335 g/mol. The molecule has 2 aromatic carbocycles. The summed E-state index contributed by atoms with van der Waals surface area (Å²) in [5, 5.41) is 9.38. The average Bonchev–Trinajstić information content (AvgIpc) is 2.98. The van der Waals surface area contributed by atoms with Crippen molar-refractivity contribution >= 4 is 11.0 Å². The van der Waals surface area contributed by atoms with Gasteiger partial charge in [-0.1, -0.05) is 32.0 Å². The zero-order valence-electron chi connectivity index (χ0n) is 14.9. The highest BCUT2D eigenvalue weighted by Crippen LogP contribution is 2.34. The zero-order valence-corrected chi connectivity index (χ0v) is 14.9. The summed E-state index contributed by atoms with van der Waals surface area (Å²) in [6, 6.07) is 13.8. The number of ether oxygens (including phenoxy) is 2. The molecule has 0 aliphatic carbocycles. The molecule has 3 rings (SSSR count). The molecule has 0 aliphatic heterocycles. The third-order valence-electron chi connectivity index (χ3n) is 4.27. The van der Waals surface area contributed by atoms with Gasteiger partial charge in [0.25, 0.3) is 0 Å². The van der Waals surface area contributed by atoms with Crippen molar-refractivity contribution in [3.63, 3.8) is 0 Å². The van der Waals surface area contributed by atoms with E-state index in [0.29, 0.717) is 23.6 Å². The molecule has 0 fully saturated rings. The number of fused-ring (bicyclic) bond motifs is 1. The largest absolute Gasteiger partial charge is 0.493 e. The van der Waals surface area contributed by atoms with Crippen LogP contribution >= 0.6 is 0 Å². The minimum Gasteiger partial charge on any atom is -0.493 e. The second-order valence-electron chi connectivity index (χ2n) is 6.18. The van der Waals surface area contributed by atoms with Gasteiger partial charge in [-0.25, -0.2) is 4.98 Å². The van der Waals surface area contributed by atoms with Crippen molar-refractivity contribution in [1.82, 2.24) is 9.55 Å². The number of imidazole rings is 1. The van der Waals surface area contributed by atoms with Crippen molar-refractivity contribution in [2.24, 2.45) is 0 Å². The first-order valence-corrected chi connectivity index (χ1v) is 8.19. The highest BCUT2D eigenvalue weighted by molar-refractivity contribution is 5.81. The molecule has 0 amide bonds. The van der Waals surface area contributed by atoms with Gasteiger partial charge in [0.05, 0.1) is 43.4 Å². The summed E-state index contributed by atoms with van der Waals surface area (Å²) >= 11 is 0. The smallest absolute Gasteiger partial charge is 0.163 e. The van der Waals surface area contributed by atoms with Crippen LogP contribution in [-0.2, 0) is 6.54 Å². The molecule has 0 atom stereocenters. The van der Waals surface area contributed by atoms with Crippen LogP contribution < -0.4 is 9.47 Å². The minimum atomic E-state index is 0.249. The maximum Gasteiger partial charge on any atom is 0.163 e. The molecule has 25 heavy (non-hydrogen) atoms. The van der Waals surface area contributed by atoms with Gasteiger partial charge in [0, 0.05) is 18.1 Å². The molecule has 0 aliphatic rings. The Bertz CT molecular complexity index is 951. The minimum absolute atomic E-state index is 0.249. The highest BCUT2D eigenvalue weighted by Gasteiger charge is 2.18. The normalized spacial score (nSPS) is 10.9. The lowest BCUT2D eigenvalue weighted by Crippen LogP contribution is -2.08. The Morgan fingerprint density at radius 2 is 1.80 bits per heavy atom. The maximum atomic E-state index is 9.38. The Morgan fingerprint density at radius 3 is 2.44 bits per heavy atom. The van der Waals surface area contributed by atoms with Gasteiger partial charge in [-0.15, -0.1) is 0 Å². The van der Waals surface area contributed by atoms with Crippen LogP contribution in [0.15, 0.2) is 36.4 Å². The topological polar surface area (TPSA) is 60.1 Å². The summed E-state index contributed by atoms with van der Waals surface area (Å²) in [4.78, 5) is 4.79.